The number of nitrogens with zero attached hydrogens (tertiary/aromatic N) is 2. The Bertz CT molecular complexity index is 556. The molecule has 0 radical (unpaired) electrons. The van der Waals surface area contributed by atoms with Gasteiger partial charge in [-0.3, -0.25) is 0 Å². The van der Waals surface area contributed by atoms with Gasteiger partial charge in [0.05, 0.1) is 0 Å². The van der Waals surface area contributed by atoms with Crippen molar-refractivity contribution in [1.29, 1.82) is 0 Å². The van der Waals surface area contributed by atoms with Crippen LogP contribution in [0.3, 0.4) is 0 Å². The SMILES string of the molecule is CC[n+]1cccc(Nc2cc(C(C)(C)C)ccn2)c1. The number of hydrogen-bond donors (Lipinski definition) is 1. The molecule has 0 bridgehead atoms. The maximum atomic E-state index is 4.38. The monoisotopic (exact) mass is 256 g/mol. The Morgan fingerprint density at radius 3 is 2.74 bits per heavy atom. The molecular formula is C16H22N3+. The van der Waals surface area contributed by atoms with Gasteiger partial charge >= 0.3 is 0 Å². The molecule has 0 aliphatic heterocycles. The molecule has 0 saturated carbocycles. The Kier molecular flexibility index (Phi) is 3.84. The van der Waals surface area contributed by atoms with Crippen LogP contribution >= 0.6 is 0 Å². The summed E-state index contributed by atoms with van der Waals surface area (Å²) in [5.74, 6) is 0.890. The third kappa shape index (κ3) is 3.53. The molecule has 2 aromatic rings. The van der Waals surface area contributed by atoms with E-state index in [1.807, 2.05) is 12.3 Å². The largest absolute Gasteiger partial charge is 0.335 e. The molecule has 2 aromatic heterocycles. The van der Waals surface area contributed by atoms with Crippen LogP contribution in [0.15, 0.2) is 42.9 Å². The summed E-state index contributed by atoms with van der Waals surface area (Å²) >= 11 is 0. The maximum Gasteiger partial charge on any atom is 0.192 e. The molecule has 0 unspecified atom stereocenters. The van der Waals surface area contributed by atoms with E-state index in [0.29, 0.717) is 0 Å². The maximum absolute atomic E-state index is 4.38. The second-order valence-corrected chi connectivity index (χ2v) is 5.73. The fraction of sp³-hybridized carbons (Fsp3) is 0.375. The van der Waals surface area contributed by atoms with E-state index in [0.717, 1.165) is 18.1 Å². The van der Waals surface area contributed by atoms with Crippen LogP contribution in [0, 0.1) is 0 Å². The van der Waals surface area contributed by atoms with Crippen LogP contribution in [0.1, 0.15) is 33.3 Å². The molecule has 0 aliphatic rings. The van der Waals surface area contributed by atoms with Gasteiger partial charge in [-0.05, 0) is 36.1 Å². The molecule has 2 heterocycles. The Morgan fingerprint density at radius 2 is 2.05 bits per heavy atom. The molecule has 0 spiro atoms. The fourth-order valence-electron chi connectivity index (χ4n) is 1.91. The van der Waals surface area contributed by atoms with Gasteiger partial charge in [0.2, 0.25) is 0 Å². The van der Waals surface area contributed by atoms with Crippen LogP contribution in [0.2, 0.25) is 0 Å². The first-order valence-corrected chi connectivity index (χ1v) is 6.71. The minimum Gasteiger partial charge on any atom is -0.335 e. The van der Waals surface area contributed by atoms with Gasteiger partial charge in [-0.2, -0.15) is 0 Å². The molecule has 100 valence electrons. The zero-order valence-electron chi connectivity index (χ0n) is 12.1. The average molecular weight is 256 g/mol. The van der Waals surface area contributed by atoms with Gasteiger partial charge in [-0.25, -0.2) is 9.55 Å². The summed E-state index contributed by atoms with van der Waals surface area (Å²) in [5, 5.41) is 3.36. The topological polar surface area (TPSA) is 28.8 Å². The van der Waals surface area contributed by atoms with E-state index in [1.54, 1.807) is 0 Å². The first-order valence-electron chi connectivity index (χ1n) is 6.71. The lowest BCUT2D eigenvalue weighted by Crippen LogP contribution is -2.31. The lowest BCUT2D eigenvalue weighted by atomic mass is 9.88. The number of aromatic nitrogens is 2. The minimum atomic E-state index is 0.138. The molecule has 0 saturated heterocycles. The summed E-state index contributed by atoms with van der Waals surface area (Å²) in [6.45, 7) is 9.71. The van der Waals surface area contributed by atoms with Crippen LogP contribution in [-0.2, 0) is 12.0 Å². The van der Waals surface area contributed by atoms with Crippen LogP contribution in [0.25, 0.3) is 0 Å². The van der Waals surface area contributed by atoms with Crippen LogP contribution in [0.5, 0.6) is 0 Å². The lowest BCUT2D eigenvalue weighted by Gasteiger charge is -2.19. The number of anilines is 2. The highest BCUT2D eigenvalue weighted by Gasteiger charge is 2.14. The fourth-order valence-corrected chi connectivity index (χ4v) is 1.91. The Balaban J connectivity index is 2.23. The number of hydrogen-bond acceptors (Lipinski definition) is 2. The molecule has 2 rings (SSSR count). The van der Waals surface area contributed by atoms with Gasteiger partial charge in [-0.15, -0.1) is 0 Å². The van der Waals surface area contributed by atoms with Crippen LogP contribution < -0.4 is 9.88 Å². The first-order chi connectivity index (χ1) is 8.99. The van der Waals surface area contributed by atoms with E-state index in [9.17, 15) is 0 Å². The predicted molar refractivity (Wildman–Crippen MR) is 78.5 cm³/mol. The zero-order chi connectivity index (χ0) is 13.9. The van der Waals surface area contributed by atoms with Gasteiger partial charge in [-0.1, -0.05) is 20.8 Å². The van der Waals surface area contributed by atoms with Gasteiger partial charge in [0.15, 0.2) is 12.4 Å². The quantitative estimate of drug-likeness (QED) is 0.852. The second-order valence-electron chi connectivity index (χ2n) is 5.73. The van der Waals surface area contributed by atoms with Gasteiger partial charge in [0.25, 0.3) is 0 Å². The van der Waals surface area contributed by atoms with Crippen LogP contribution in [-0.4, -0.2) is 4.98 Å². The molecule has 3 heteroatoms. The molecule has 3 nitrogen and oxygen atoms in total. The van der Waals surface area contributed by atoms with Gasteiger partial charge < -0.3 is 5.32 Å². The molecule has 0 atom stereocenters. The molecule has 1 N–H and O–H groups in total. The Labute approximate surface area is 115 Å². The third-order valence-corrected chi connectivity index (χ3v) is 3.12. The minimum absolute atomic E-state index is 0.138. The molecular weight excluding hydrogens is 234 g/mol. The van der Waals surface area contributed by atoms with E-state index in [-0.39, 0.29) is 5.41 Å². The van der Waals surface area contributed by atoms with Crippen molar-refractivity contribution >= 4 is 11.5 Å². The summed E-state index contributed by atoms with van der Waals surface area (Å²) in [7, 11) is 0. The predicted octanol–water partition coefficient (Wildman–Crippen LogP) is 3.43. The van der Waals surface area contributed by atoms with Crippen molar-refractivity contribution in [3.63, 3.8) is 0 Å². The Hall–Kier alpha value is -1.90. The normalized spacial score (nSPS) is 11.4. The van der Waals surface area contributed by atoms with Gasteiger partial charge in [0, 0.05) is 12.3 Å². The molecule has 0 fully saturated rings. The van der Waals surface area contributed by atoms with Crippen LogP contribution in [0.4, 0.5) is 11.5 Å². The van der Waals surface area contributed by atoms with E-state index >= 15 is 0 Å². The number of pyridine rings is 2. The highest BCUT2D eigenvalue weighted by atomic mass is 15.0. The van der Waals surface area contributed by atoms with E-state index in [1.165, 1.54) is 5.56 Å². The van der Waals surface area contributed by atoms with Crippen molar-refractivity contribution in [3.8, 4) is 0 Å². The molecule has 0 aliphatic carbocycles. The lowest BCUT2D eigenvalue weighted by molar-refractivity contribution is -0.692. The number of nitrogens with one attached hydrogen (secondary N) is 1. The Morgan fingerprint density at radius 1 is 1.26 bits per heavy atom. The molecule has 0 aromatic carbocycles. The number of rotatable bonds is 3. The van der Waals surface area contributed by atoms with E-state index in [4.69, 9.17) is 0 Å². The van der Waals surface area contributed by atoms with E-state index in [2.05, 4.69) is 73.2 Å². The van der Waals surface area contributed by atoms with Crippen molar-refractivity contribution < 1.29 is 4.57 Å². The zero-order valence-corrected chi connectivity index (χ0v) is 12.1. The molecule has 19 heavy (non-hydrogen) atoms. The van der Waals surface area contributed by atoms with E-state index < -0.39 is 0 Å². The van der Waals surface area contributed by atoms with Crippen molar-refractivity contribution in [3.05, 3.63) is 48.4 Å². The summed E-state index contributed by atoms with van der Waals surface area (Å²) < 4.78 is 2.13. The summed E-state index contributed by atoms with van der Waals surface area (Å²) in [5.41, 5.74) is 2.48. The van der Waals surface area contributed by atoms with Crippen molar-refractivity contribution in [1.82, 2.24) is 4.98 Å². The average Bonchev–Trinajstić information content (AvgIpc) is 2.38. The van der Waals surface area contributed by atoms with Gasteiger partial charge in [0.1, 0.15) is 18.1 Å². The summed E-state index contributed by atoms with van der Waals surface area (Å²) in [6, 6.07) is 8.28. The van der Waals surface area contributed by atoms with Crippen molar-refractivity contribution in [2.24, 2.45) is 0 Å². The highest BCUT2D eigenvalue weighted by Crippen LogP contribution is 2.24. The van der Waals surface area contributed by atoms with Crippen molar-refractivity contribution in [2.75, 3.05) is 5.32 Å². The van der Waals surface area contributed by atoms with Crippen molar-refractivity contribution in [2.45, 2.75) is 39.7 Å². The third-order valence-electron chi connectivity index (χ3n) is 3.12. The first kappa shape index (κ1) is 13.5. The number of aryl methyl sites for hydroxylation is 1. The smallest absolute Gasteiger partial charge is 0.192 e. The molecule has 0 amide bonds. The standard InChI is InChI=1S/C16H22N3/c1-5-19-10-6-7-14(12-19)18-15-11-13(8-9-17-15)16(2,3)4/h6-12H,5H2,1-4H3,(H,17,18)/q+1. The summed E-state index contributed by atoms with van der Waals surface area (Å²) in [4.78, 5) is 4.38. The second kappa shape index (κ2) is 5.39. The summed E-state index contributed by atoms with van der Waals surface area (Å²) in [6.07, 6.45) is 6.01. The highest BCUT2D eigenvalue weighted by molar-refractivity contribution is 5.54.